The van der Waals surface area contributed by atoms with Crippen molar-refractivity contribution in [3.05, 3.63) is 5.89 Å². The first-order chi connectivity index (χ1) is 8.47. The molecule has 0 radical (unpaired) electrons. The molecule has 0 aliphatic rings. The number of carbonyl (C=O) groups excluding carboxylic acids is 2. The maximum atomic E-state index is 11.2. The minimum Gasteiger partial charge on any atom is -0.480 e. The molecule has 0 unspecified atom stereocenters. The van der Waals surface area contributed by atoms with Crippen LogP contribution in [0.25, 0.3) is 0 Å². The predicted molar refractivity (Wildman–Crippen MR) is 54.7 cm³/mol. The van der Waals surface area contributed by atoms with Crippen molar-refractivity contribution in [2.75, 3.05) is 18.5 Å². The highest BCUT2D eigenvalue weighted by molar-refractivity contribution is 6.00. The van der Waals surface area contributed by atoms with Crippen LogP contribution in [0.1, 0.15) is 5.89 Å². The molecule has 3 N–H and O–H groups in total. The van der Waals surface area contributed by atoms with Gasteiger partial charge in [0, 0.05) is 6.92 Å². The molecule has 0 bridgehead atoms. The first kappa shape index (κ1) is 13.6. The summed E-state index contributed by atoms with van der Waals surface area (Å²) in [6.07, 6.45) is 0. The summed E-state index contributed by atoms with van der Waals surface area (Å²) < 4.78 is 9.30. The molecule has 10 nitrogen and oxygen atoms in total. The Morgan fingerprint density at radius 2 is 2.06 bits per heavy atom. The van der Waals surface area contributed by atoms with E-state index in [-0.39, 0.29) is 11.9 Å². The van der Waals surface area contributed by atoms with E-state index in [1.165, 1.54) is 6.92 Å². The van der Waals surface area contributed by atoms with Gasteiger partial charge in [0.25, 0.3) is 5.91 Å². The molecule has 0 saturated carbocycles. The third-order valence-corrected chi connectivity index (χ3v) is 1.46. The van der Waals surface area contributed by atoms with E-state index >= 15 is 0 Å². The molecule has 3 amide bonds. The maximum Gasteiger partial charge on any atom is 0.329 e. The molecule has 1 aromatic rings. The van der Waals surface area contributed by atoms with Crippen molar-refractivity contribution in [3.63, 3.8) is 0 Å². The van der Waals surface area contributed by atoms with Crippen LogP contribution in [0.15, 0.2) is 4.42 Å². The standard InChI is InChI=1S/C8H10N4O6/c1-4-11-12-8(18-4)10-7(16)9-5(13)2-17-3-6(14)15/h2-3H2,1H3,(H,14,15)(H2,9,10,12,13,16). The van der Waals surface area contributed by atoms with Crippen LogP contribution in [0.5, 0.6) is 0 Å². The van der Waals surface area contributed by atoms with Gasteiger partial charge >= 0.3 is 18.0 Å². The molecule has 98 valence electrons. The molecule has 0 aromatic carbocycles. The summed E-state index contributed by atoms with van der Waals surface area (Å²) in [7, 11) is 0. The molecular formula is C8H10N4O6. The van der Waals surface area contributed by atoms with Gasteiger partial charge in [-0.3, -0.25) is 15.4 Å². The quantitative estimate of drug-likeness (QED) is 0.618. The summed E-state index contributed by atoms with van der Waals surface area (Å²) in [6.45, 7) is 0.349. The van der Waals surface area contributed by atoms with E-state index in [9.17, 15) is 14.4 Å². The average Bonchev–Trinajstić information content (AvgIpc) is 2.62. The predicted octanol–water partition coefficient (Wildman–Crippen LogP) is -0.873. The Morgan fingerprint density at radius 1 is 1.33 bits per heavy atom. The van der Waals surface area contributed by atoms with Crippen molar-refractivity contribution >= 4 is 23.9 Å². The fourth-order valence-electron chi connectivity index (χ4n) is 0.869. The normalized spacial score (nSPS) is 9.83. The second kappa shape index (κ2) is 6.30. The zero-order valence-electron chi connectivity index (χ0n) is 9.30. The highest BCUT2D eigenvalue weighted by Gasteiger charge is 2.11. The molecule has 0 aliphatic carbocycles. The van der Waals surface area contributed by atoms with E-state index < -0.39 is 31.1 Å². The monoisotopic (exact) mass is 258 g/mol. The van der Waals surface area contributed by atoms with Crippen LogP contribution >= 0.6 is 0 Å². The smallest absolute Gasteiger partial charge is 0.329 e. The Kier molecular flexibility index (Phi) is 4.75. The van der Waals surface area contributed by atoms with Gasteiger partial charge in [-0.15, -0.1) is 5.10 Å². The Hall–Kier alpha value is -2.49. The summed E-state index contributed by atoms with van der Waals surface area (Å²) in [5.74, 6) is -1.76. The van der Waals surface area contributed by atoms with Crippen LogP contribution < -0.4 is 10.6 Å². The van der Waals surface area contributed by atoms with Gasteiger partial charge in [-0.2, -0.15) is 0 Å². The number of urea groups is 1. The van der Waals surface area contributed by atoms with Crippen molar-refractivity contribution in [1.82, 2.24) is 15.5 Å². The average molecular weight is 258 g/mol. The van der Waals surface area contributed by atoms with Crippen molar-refractivity contribution < 1.29 is 28.6 Å². The largest absolute Gasteiger partial charge is 0.480 e. The number of nitrogens with zero attached hydrogens (tertiary/aromatic N) is 2. The van der Waals surface area contributed by atoms with Crippen molar-refractivity contribution in [1.29, 1.82) is 0 Å². The van der Waals surface area contributed by atoms with Crippen LogP contribution in [-0.2, 0) is 14.3 Å². The van der Waals surface area contributed by atoms with E-state index in [0.29, 0.717) is 0 Å². The number of amides is 3. The van der Waals surface area contributed by atoms with Crippen molar-refractivity contribution in [2.45, 2.75) is 6.92 Å². The highest BCUT2D eigenvalue weighted by atomic mass is 16.5. The molecule has 0 fully saturated rings. The van der Waals surface area contributed by atoms with Gasteiger partial charge in [-0.25, -0.2) is 9.59 Å². The maximum absolute atomic E-state index is 11.2. The van der Waals surface area contributed by atoms with Gasteiger partial charge in [0.15, 0.2) is 0 Å². The number of carbonyl (C=O) groups is 3. The number of nitrogens with one attached hydrogen (secondary N) is 2. The van der Waals surface area contributed by atoms with Crippen LogP contribution in [0.2, 0.25) is 0 Å². The van der Waals surface area contributed by atoms with Crippen LogP contribution in [0, 0.1) is 6.92 Å². The highest BCUT2D eigenvalue weighted by Crippen LogP contribution is 2.02. The third kappa shape index (κ3) is 5.03. The number of anilines is 1. The number of imide groups is 1. The van der Waals surface area contributed by atoms with E-state index in [1.54, 1.807) is 0 Å². The van der Waals surface area contributed by atoms with E-state index in [4.69, 9.17) is 9.52 Å². The summed E-state index contributed by atoms with van der Waals surface area (Å²) in [5.41, 5.74) is 0. The molecule has 1 aromatic heterocycles. The summed E-state index contributed by atoms with van der Waals surface area (Å²) in [4.78, 5) is 32.3. The number of hydrogen-bond donors (Lipinski definition) is 3. The fraction of sp³-hybridized carbons (Fsp3) is 0.375. The Morgan fingerprint density at radius 3 is 2.61 bits per heavy atom. The lowest BCUT2D eigenvalue weighted by Crippen LogP contribution is -2.37. The van der Waals surface area contributed by atoms with Gasteiger partial charge in [0.1, 0.15) is 13.2 Å². The lowest BCUT2D eigenvalue weighted by molar-refractivity contribution is -0.143. The van der Waals surface area contributed by atoms with Crippen molar-refractivity contribution in [3.8, 4) is 0 Å². The molecule has 0 saturated heterocycles. The first-order valence-corrected chi connectivity index (χ1v) is 4.68. The van der Waals surface area contributed by atoms with Crippen molar-refractivity contribution in [2.24, 2.45) is 0 Å². The van der Waals surface area contributed by atoms with Crippen LogP contribution in [0.3, 0.4) is 0 Å². The number of hydrogen-bond acceptors (Lipinski definition) is 7. The molecule has 0 spiro atoms. The minimum atomic E-state index is -1.21. The van der Waals surface area contributed by atoms with E-state index in [2.05, 4.69) is 20.3 Å². The summed E-state index contributed by atoms with van der Waals surface area (Å²) in [6, 6.07) is -1.05. The van der Waals surface area contributed by atoms with Gasteiger partial charge < -0.3 is 14.3 Å². The number of aromatic nitrogens is 2. The van der Waals surface area contributed by atoms with Gasteiger partial charge in [-0.1, -0.05) is 5.10 Å². The van der Waals surface area contributed by atoms with E-state index in [0.717, 1.165) is 0 Å². The van der Waals surface area contributed by atoms with Crippen LogP contribution in [0.4, 0.5) is 10.8 Å². The summed E-state index contributed by atoms with van der Waals surface area (Å²) >= 11 is 0. The van der Waals surface area contributed by atoms with Gasteiger partial charge in [0.05, 0.1) is 0 Å². The zero-order chi connectivity index (χ0) is 13.5. The van der Waals surface area contributed by atoms with Gasteiger partial charge in [-0.05, 0) is 0 Å². The second-order valence-corrected chi connectivity index (χ2v) is 3.02. The topological polar surface area (TPSA) is 144 Å². The molecule has 18 heavy (non-hydrogen) atoms. The lowest BCUT2D eigenvalue weighted by Gasteiger charge is -2.03. The fourth-order valence-corrected chi connectivity index (χ4v) is 0.869. The Balaban J connectivity index is 2.27. The number of carboxylic acids is 1. The third-order valence-electron chi connectivity index (χ3n) is 1.46. The summed E-state index contributed by atoms with van der Waals surface area (Å²) in [5, 5.41) is 19.2. The van der Waals surface area contributed by atoms with Crippen LogP contribution in [-0.4, -0.2) is 46.4 Å². The molecule has 0 aliphatic heterocycles. The van der Waals surface area contributed by atoms with Gasteiger partial charge in [0.2, 0.25) is 5.89 Å². The minimum absolute atomic E-state index is 0.163. The number of carboxylic acid groups (broad SMARTS) is 1. The number of ether oxygens (including phenoxy) is 1. The Bertz CT molecular complexity index is 456. The lowest BCUT2D eigenvalue weighted by atomic mass is 10.6. The molecule has 1 heterocycles. The first-order valence-electron chi connectivity index (χ1n) is 4.68. The molecule has 1 rings (SSSR count). The number of aliphatic carboxylic acids is 1. The van der Waals surface area contributed by atoms with E-state index in [1.807, 2.05) is 5.32 Å². The number of rotatable bonds is 5. The Labute approximate surface area is 100 Å². The molecule has 0 atom stereocenters. The number of aryl methyl sites for hydroxylation is 1. The molecule has 10 heteroatoms. The zero-order valence-corrected chi connectivity index (χ0v) is 9.30. The SMILES string of the molecule is Cc1nnc(NC(=O)NC(=O)COCC(=O)O)o1. The molecular weight excluding hydrogens is 248 g/mol. The second-order valence-electron chi connectivity index (χ2n) is 3.02.